The molecule has 0 bridgehead atoms. The van der Waals surface area contributed by atoms with Crippen molar-refractivity contribution in [2.24, 2.45) is 0 Å². The van der Waals surface area contributed by atoms with Crippen LogP contribution in [0.4, 0.5) is 0 Å². The first-order valence-electron chi connectivity index (χ1n) is 5.27. The van der Waals surface area contributed by atoms with Gasteiger partial charge in [0.15, 0.2) is 0 Å². The Kier molecular flexibility index (Phi) is 3.07. The van der Waals surface area contributed by atoms with Crippen LogP contribution >= 0.6 is 0 Å². The van der Waals surface area contributed by atoms with E-state index in [-0.39, 0.29) is 0 Å². The lowest BCUT2D eigenvalue weighted by Crippen LogP contribution is -1.96. The van der Waals surface area contributed by atoms with Crippen molar-refractivity contribution in [3.05, 3.63) is 59.5 Å². The molecule has 1 aliphatic rings. The van der Waals surface area contributed by atoms with Crippen molar-refractivity contribution in [3.8, 4) is 5.75 Å². The molecule has 2 rings (SSSR count). The average molecular weight is 211 g/mol. The minimum absolute atomic E-state index is 0.439. The Balaban J connectivity index is 2.09. The van der Waals surface area contributed by atoms with Gasteiger partial charge in [0, 0.05) is 11.8 Å². The Labute approximate surface area is 95.3 Å². The lowest BCUT2D eigenvalue weighted by atomic mass is 10.1. The number of rotatable bonds is 3. The first-order valence-corrected chi connectivity index (χ1v) is 5.27. The summed E-state index contributed by atoms with van der Waals surface area (Å²) in [5, 5.41) is 0. The van der Waals surface area contributed by atoms with Crippen LogP contribution in [-0.4, -0.2) is 4.98 Å². The van der Waals surface area contributed by atoms with Crippen molar-refractivity contribution in [1.29, 1.82) is 0 Å². The zero-order valence-corrected chi connectivity index (χ0v) is 9.40. The molecule has 1 aliphatic carbocycles. The molecule has 0 aliphatic heterocycles. The maximum Gasteiger partial charge on any atom is 0.145 e. The quantitative estimate of drug-likeness (QED) is 0.715. The van der Waals surface area contributed by atoms with Crippen molar-refractivity contribution in [1.82, 2.24) is 4.98 Å². The Morgan fingerprint density at radius 1 is 1.25 bits per heavy atom. The van der Waals surface area contributed by atoms with Crippen LogP contribution in [0.5, 0.6) is 5.75 Å². The van der Waals surface area contributed by atoms with E-state index in [1.54, 1.807) is 18.3 Å². The number of pyridine rings is 1. The molecule has 0 saturated carbocycles. The molecule has 0 N–H and O–H groups in total. The van der Waals surface area contributed by atoms with Crippen molar-refractivity contribution < 1.29 is 4.74 Å². The third-order valence-electron chi connectivity index (χ3n) is 2.22. The van der Waals surface area contributed by atoms with E-state index in [1.807, 2.05) is 18.2 Å². The van der Waals surface area contributed by atoms with Crippen LogP contribution in [0.25, 0.3) is 0 Å². The molecule has 2 heteroatoms. The van der Waals surface area contributed by atoms with Gasteiger partial charge in [-0.15, -0.1) is 0 Å². The zero-order chi connectivity index (χ0) is 11.4. The summed E-state index contributed by atoms with van der Waals surface area (Å²) >= 11 is 0. The lowest BCUT2D eigenvalue weighted by Gasteiger charge is -2.07. The Bertz CT molecular complexity index is 496. The summed E-state index contributed by atoms with van der Waals surface area (Å²) < 4.78 is 5.60. The lowest BCUT2D eigenvalue weighted by molar-refractivity contribution is 0.441. The SMILES string of the molecule is CC(C)c1ccc(OC2=CC=C=C=C2)cn1. The molecule has 16 heavy (non-hydrogen) atoms. The van der Waals surface area contributed by atoms with Crippen molar-refractivity contribution >= 4 is 0 Å². The topological polar surface area (TPSA) is 22.1 Å². The number of aromatic nitrogens is 1. The molecule has 0 radical (unpaired) electrons. The summed E-state index contributed by atoms with van der Waals surface area (Å²) in [6.07, 6.45) is 7.10. The first kappa shape index (κ1) is 10.5. The van der Waals surface area contributed by atoms with Gasteiger partial charge >= 0.3 is 0 Å². The van der Waals surface area contributed by atoms with Crippen LogP contribution in [0.3, 0.4) is 0 Å². The van der Waals surface area contributed by atoms with E-state index in [4.69, 9.17) is 4.74 Å². The average Bonchev–Trinajstić information content (AvgIpc) is 2.31. The largest absolute Gasteiger partial charge is 0.455 e. The molecular weight excluding hydrogens is 198 g/mol. The van der Waals surface area contributed by atoms with Gasteiger partial charge < -0.3 is 4.74 Å². The highest BCUT2D eigenvalue weighted by Crippen LogP contribution is 2.17. The van der Waals surface area contributed by atoms with Gasteiger partial charge in [-0.25, -0.2) is 0 Å². The van der Waals surface area contributed by atoms with Crippen LogP contribution in [0.2, 0.25) is 0 Å². The van der Waals surface area contributed by atoms with Crippen molar-refractivity contribution in [2.45, 2.75) is 19.8 Å². The highest BCUT2D eigenvalue weighted by atomic mass is 16.5. The summed E-state index contributed by atoms with van der Waals surface area (Å²) in [6, 6.07) is 3.91. The molecule has 0 unspecified atom stereocenters. The second kappa shape index (κ2) is 4.67. The Morgan fingerprint density at radius 2 is 2.12 bits per heavy atom. The van der Waals surface area contributed by atoms with Gasteiger partial charge in [-0.1, -0.05) is 25.3 Å². The molecule has 0 spiro atoms. The number of allylic oxidation sites excluding steroid dienone is 3. The van der Waals surface area contributed by atoms with Gasteiger partial charge in [0.25, 0.3) is 0 Å². The summed E-state index contributed by atoms with van der Waals surface area (Å²) in [4.78, 5) is 4.33. The fourth-order valence-corrected chi connectivity index (χ4v) is 1.33. The van der Waals surface area contributed by atoms with Crippen molar-refractivity contribution in [2.75, 3.05) is 0 Å². The van der Waals surface area contributed by atoms with Gasteiger partial charge in [-0.2, -0.15) is 0 Å². The van der Waals surface area contributed by atoms with Gasteiger partial charge in [-0.05, 0) is 30.2 Å². The predicted octanol–water partition coefficient (Wildman–Crippen LogP) is 3.35. The number of ether oxygens (including phenoxy) is 1. The summed E-state index contributed by atoms with van der Waals surface area (Å²) in [7, 11) is 0. The number of hydrogen-bond donors (Lipinski definition) is 0. The second-order valence-electron chi connectivity index (χ2n) is 3.84. The van der Waals surface area contributed by atoms with E-state index in [0.717, 1.165) is 17.2 Å². The number of nitrogens with zero attached hydrogens (tertiary/aromatic N) is 1. The van der Waals surface area contributed by atoms with E-state index >= 15 is 0 Å². The van der Waals surface area contributed by atoms with Crippen LogP contribution in [0.1, 0.15) is 25.5 Å². The maximum absolute atomic E-state index is 5.60. The van der Waals surface area contributed by atoms with Crippen LogP contribution in [-0.2, 0) is 0 Å². The van der Waals surface area contributed by atoms with E-state index < -0.39 is 0 Å². The van der Waals surface area contributed by atoms with Gasteiger partial charge in [0.1, 0.15) is 11.5 Å². The van der Waals surface area contributed by atoms with Crippen LogP contribution in [0, 0.1) is 0 Å². The minimum atomic E-state index is 0.439. The van der Waals surface area contributed by atoms with Crippen molar-refractivity contribution in [3.63, 3.8) is 0 Å². The smallest absolute Gasteiger partial charge is 0.145 e. The predicted molar refractivity (Wildman–Crippen MR) is 63.2 cm³/mol. The molecule has 0 fully saturated rings. The molecule has 2 nitrogen and oxygen atoms in total. The van der Waals surface area contributed by atoms with Gasteiger partial charge in [0.05, 0.1) is 6.20 Å². The normalized spacial score (nSPS) is 13.1. The molecule has 0 saturated heterocycles. The molecule has 0 aromatic carbocycles. The second-order valence-corrected chi connectivity index (χ2v) is 3.84. The maximum atomic E-state index is 5.60. The van der Waals surface area contributed by atoms with E-state index in [1.165, 1.54) is 0 Å². The van der Waals surface area contributed by atoms with Gasteiger partial charge in [0.2, 0.25) is 0 Å². The third-order valence-corrected chi connectivity index (χ3v) is 2.22. The molecule has 0 amide bonds. The molecule has 1 aromatic heterocycles. The Hall–Kier alpha value is -2.01. The van der Waals surface area contributed by atoms with Crippen LogP contribution in [0.15, 0.2) is 53.8 Å². The molecule has 1 heterocycles. The highest BCUT2D eigenvalue weighted by Gasteiger charge is 2.02. The summed E-state index contributed by atoms with van der Waals surface area (Å²) in [6.45, 7) is 4.23. The summed E-state index contributed by atoms with van der Waals surface area (Å²) in [5.41, 5.74) is 6.73. The van der Waals surface area contributed by atoms with E-state index in [0.29, 0.717) is 5.92 Å². The van der Waals surface area contributed by atoms with Crippen LogP contribution < -0.4 is 4.74 Å². The first-order chi connectivity index (χ1) is 7.75. The third kappa shape index (κ3) is 2.52. The van der Waals surface area contributed by atoms with Gasteiger partial charge in [-0.3, -0.25) is 4.98 Å². The number of hydrogen-bond acceptors (Lipinski definition) is 2. The summed E-state index contributed by atoms with van der Waals surface area (Å²) in [5.74, 6) is 1.93. The molecular formula is C14H13NO. The molecule has 0 atom stereocenters. The van der Waals surface area contributed by atoms with E-state index in [2.05, 4.69) is 30.3 Å². The van der Waals surface area contributed by atoms with E-state index in [9.17, 15) is 0 Å². The standard InChI is InChI=1S/C14H13NO/c1-11(2)14-9-8-13(10-15-14)16-12-6-4-3-5-7-12/h4,6-11H,1-2H3. The zero-order valence-electron chi connectivity index (χ0n) is 9.40. The molecule has 80 valence electrons. The highest BCUT2D eigenvalue weighted by molar-refractivity contribution is 5.29. The fraction of sp³-hybridized carbons (Fsp3) is 0.214. The Morgan fingerprint density at radius 3 is 2.69 bits per heavy atom. The minimum Gasteiger partial charge on any atom is -0.455 e. The monoisotopic (exact) mass is 211 g/mol. The molecule has 1 aromatic rings. The fourth-order valence-electron chi connectivity index (χ4n) is 1.33.